The molecule has 2 atom stereocenters. The quantitative estimate of drug-likeness (QED) is 0.702. The van der Waals surface area contributed by atoms with Crippen LogP contribution in [-0.2, 0) is 0 Å². The molecule has 0 saturated heterocycles. The Morgan fingerprint density at radius 1 is 1.53 bits per heavy atom. The second kappa shape index (κ2) is 6.99. The zero-order chi connectivity index (χ0) is 11.1. The predicted octanol–water partition coefficient (Wildman–Crippen LogP) is 2.95. The number of nitrogens with one attached hydrogen (secondary N) is 1. The first-order valence-corrected chi connectivity index (χ1v) is 6.61. The molecule has 1 rings (SSSR count). The maximum absolute atomic E-state index is 9.38. The van der Waals surface area contributed by atoms with E-state index in [1.165, 1.54) is 5.56 Å². The maximum atomic E-state index is 9.38. The average molecular weight is 227 g/mol. The van der Waals surface area contributed by atoms with Crippen molar-refractivity contribution >= 4 is 11.3 Å². The fraction of sp³-hybridized carbons (Fsp3) is 0.667. The van der Waals surface area contributed by atoms with Crippen molar-refractivity contribution in [2.75, 3.05) is 6.54 Å². The number of thiophene rings is 1. The van der Waals surface area contributed by atoms with Crippen molar-refractivity contribution in [2.45, 2.75) is 45.3 Å². The summed E-state index contributed by atoms with van der Waals surface area (Å²) in [6.07, 6.45) is 2.69. The van der Waals surface area contributed by atoms with Crippen molar-refractivity contribution in [1.82, 2.24) is 5.32 Å². The Morgan fingerprint density at radius 3 is 2.93 bits per heavy atom. The summed E-state index contributed by atoms with van der Waals surface area (Å²) in [6, 6.07) is 2.58. The molecule has 0 aliphatic heterocycles. The van der Waals surface area contributed by atoms with Crippen LogP contribution in [-0.4, -0.2) is 17.8 Å². The second-order valence-electron chi connectivity index (χ2n) is 3.94. The molecule has 0 amide bonds. The van der Waals surface area contributed by atoms with Crippen LogP contribution in [0.25, 0.3) is 0 Å². The van der Waals surface area contributed by atoms with E-state index in [2.05, 4.69) is 29.1 Å². The molecule has 0 saturated carbocycles. The lowest BCUT2D eigenvalue weighted by atomic mass is 10.1. The molecular formula is C12H21NOS. The van der Waals surface area contributed by atoms with Crippen LogP contribution >= 0.6 is 11.3 Å². The fourth-order valence-electron chi connectivity index (χ4n) is 1.50. The highest BCUT2D eigenvalue weighted by molar-refractivity contribution is 7.07. The summed E-state index contributed by atoms with van der Waals surface area (Å²) in [5, 5.41) is 17.1. The summed E-state index contributed by atoms with van der Waals surface area (Å²) < 4.78 is 0. The van der Waals surface area contributed by atoms with Crippen LogP contribution in [0, 0.1) is 0 Å². The lowest BCUT2D eigenvalue weighted by Crippen LogP contribution is -2.20. The molecular weight excluding hydrogens is 206 g/mol. The molecule has 0 aliphatic rings. The number of rotatable bonds is 7. The van der Waals surface area contributed by atoms with Crippen LogP contribution in [0.1, 0.15) is 44.7 Å². The van der Waals surface area contributed by atoms with E-state index >= 15 is 0 Å². The number of hydrogen-bond donors (Lipinski definition) is 2. The summed E-state index contributed by atoms with van der Waals surface area (Å²) in [5.41, 5.74) is 1.36. The Bertz CT molecular complexity index is 248. The number of aliphatic hydroxyl groups is 1. The summed E-state index contributed by atoms with van der Waals surface area (Å²) in [6.45, 7) is 5.18. The van der Waals surface area contributed by atoms with E-state index in [9.17, 15) is 5.11 Å². The van der Waals surface area contributed by atoms with Gasteiger partial charge >= 0.3 is 0 Å². The van der Waals surface area contributed by atoms with Gasteiger partial charge in [-0.05, 0) is 55.1 Å². The van der Waals surface area contributed by atoms with Gasteiger partial charge in [0.15, 0.2) is 0 Å². The van der Waals surface area contributed by atoms with Crippen LogP contribution in [0.5, 0.6) is 0 Å². The minimum atomic E-state index is -0.122. The first kappa shape index (κ1) is 12.7. The monoisotopic (exact) mass is 227 g/mol. The van der Waals surface area contributed by atoms with E-state index in [0.29, 0.717) is 6.04 Å². The van der Waals surface area contributed by atoms with Crippen LogP contribution in [0.4, 0.5) is 0 Å². The molecule has 0 spiro atoms. The molecule has 1 aromatic rings. The van der Waals surface area contributed by atoms with Gasteiger partial charge in [-0.25, -0.2) is 0 Å². The van der Waals surface area contributed by atoms with Crippen molar-refractivity contribution in [3.05, 3.63) is 22.4 Å². The van der Waals surface area contributed by atoms with Gasteiger partial charge < -0.3 is 10.4 Å². The topological polar surface area (TPSA) is 32.3 Å². The summed E-state index contributed by atoms with van der Waals surface area (Å²) in [7, 11) is 0. The molecule has 0 aromatic carbocycles. The van der Waals surface area contributed by atoms with Gasteiger partial charge in [-0.1, -0.05) is 6.92 Å². The highest BCUT2D eigenvalue weighted by atomic mass is 32.1. The van der Waals surface area contributed by atoms with Crippen LogP contribution in [0.2, 0.25) is 0 Å². The summed E-state index contributed by atoms with van der Waals surface area (Å²) >= 11 is 1.74. The molecule has 3 heteroatoms. The first-order chi connectivity index (χ1) is 7.24. The van der Waals surface area contributed by atoms with Gasteiger partial charge in [-0.2, -0.15) is 11.3 Å². The van der Waals surface area contributed by atoms with Gasteiger partial charge in [0.05, 0.1) is 6.10 Å². The molecule has 2 N–H and O–H groups in total. The van der Waals surface area contributed by atoms with Gasteiger partial charge in [-0.15, -0.1) is 0 Å². The predicted molar refractivity (Wildman–Crippen MR) is 66.3 cm³/mol. The first-order valence-electron chi connectivity index (χ1n) is 5.67. The smallest absolute Gasteiger partial charge is 0.0538 e. The van der Waals surface area contributed by atoms with Crippen LogP contribution in [0.15, 0.2) is 16.8 Å². The van der Waals surface area contributed by atoms with E-state index < -0.39 is 0 Å². The third kappa shape index (κ3) is 4.78. The zero-order valence-corrected chi connectivity index (χ0v) is 10.4. The minimum Gasteiger partial charge on any atom is -0.393 e. The molecule has 0 radical (unpaired) electrons. The molecule has 15 heavy (non-hydrogen) atoms. The number of hydrogen-bond acceptors (Lipinski definition) is 3. The molecule has 2 unspecified atom stereocenters. The van der Waals surface area contributed by atoms with E-state index in [0.717, 1.165) is 25.8 Å². The normalized spacial score (nSPS) is 15.1. The maximum Gasteiger partial charge on any atom is 0.0538 e. The van der Waals surface area contributed by atoms with Crippen molar-refractivity contribution in [1.29, 1.82) is 0 Å². The fourth-order valence-corrected chi connectivity index (χ4v) is 2.25. The minimum absolute atomic E-state index is 0.122. The van der Waals surface area contributed by atoms with Crippen molar-refractivity contribution in [3.8, 4) is 0 Å². The molecule has 1 heterocycles. The van der Waals surface area contributed by atoms with Gasteiger partial charge in [0.25, 0.3) is 0 Å². The van der Waals surface area contributed by atoms with Crippen molar-refractivity contribution in [2.24, 2.45) is 0 Å². The molecule has 0 fully saturated rings. The summed E-state index contributed by atoms with van der Waals surface area (Å²) in [5.74, 6) is 0. The summed E-state index contributed by atoms with van der Waals surface area (Å²) in [4.78, 5) is 0. The van der Waals surface area contributed by atoms with Crippen LogP contribution in [0.3, 0.4) is 0 Å². The SMILES string of the molecule is CCC(O)CCCNC(C)c1ccsc1. The third-order valence-electron chi connectivity index (χ3n) is 2.68. The van der Waals surface area contributed by atoms with E-state index in [1.807, 2.05) is 6.92 Å². The van der Waals surface area contributed by atoms with E-state index in [-0.39, 0.29) is 6.10 Å². The Morgan fingerprint density at radius 2 is 2.33 bits per heavy atom. The third-order valence-corrected chi connectivity index (χ3v) is 3.38. The van der Waals surface area contributed by atoms with Crippen molar-refractivity contribution in [3.63, 3.8) is 0 Å². The lowest BCUT2D eigenvalue weighted by Gasteiger charge is -2.13. The molecule has 1 aromatic heterocycles. The van der Waals surface area contributed by atoms with Gasteiger partial charge in [0.1, 0.15) is 0 Å². The van der Waals surface area contributed by atoms with E-state index in [4.69, 9.17) is 0 Å². The average Bonchev–Trinajstić information content (AvgIpc) is 2.77. The molecule has 0 aliphatic carbocycles. The highest BCUT2D eigenvalue weighted by Gasteiger charge is 2.05. The van der Waals surface area contributed by atoms with Crippen LogP contribution < -0.4 is 5.32 Å². The molecule has 86 valence electrons. The molecule has 2 nitrogen and oxygen atoms in total. The second-order valence-corrected chi connectivity index (χ2v) is 4.72. The standard InChI is InChI=1S/C12H21NOS/c1-3-12(14)5-4-7-13-10(2)11-6-8-15-9-11/h6,8-10,12-14H,3-5,7H2,1-2H3. The Labute approximate surface area is 96.3 Å². The van der Waals surface area contributed by atoms with Crippen molar-refractivity contribution < 1.29 is 5.11 Å². The Kier molecular flexibility index (Phi) is 5.91. The molecule has 0 bridgehead atoms. The number of aliphatic hydroxyl groups excluding tert-OH is 1. The lowest BCUT2D eigenvalue weighted by molar-refractivity contribution is 0.157. The van der Waals surface area contributed by atoms with Gasteiger partial charge in [-0.3, -0.25) is 0 Å². The van der Waals surface area contributed by atoms with Gasteiger partial charge in [0.2, 0.25) is 0 Å². The van der Waals surface area contributed by atoms with Gasteiger partial charge in [0, 0.05) is 6.04 Å². The van der Waals surface area contributed by atoms with E-state index in [1.54, 1.807) is 11.3 Å². The Hall–Kier alpha value is -0.380. The Balaban J connectivity index is 2.10. The highest BCUT2D eigenvalue weighted by Crippen LogP contribution is 2.15. The zero-order valence-electron chi connectivity index (χ0n) is 9.57. The largest absolute Gasteiger partial charge is 0.393 e.